The summed E-state index contributed by atoms with van der Waals surface area (Å²) in [7, 11) is 0. The summed E-state index contributed by atoms with van der Waals surface area (Å²) in [6.07, 6.45) is 0. The Labute approximate surface area is 108 Å². The van der Waals surface area contributed by atoms with Gasteiger partial charge in [0, 0.05) is 16.0 Å². The van der Waals surface area contributed by atoms with Crippen molar-refractivity contribution in [3.63, 3.8) is 0 Å². The van der Waals surface area contributed by atoms with E-state index in [0.717, 1.165) is 16.0 Å². The van der Waals surface area contributed by atoms with Crippen molar-refractivity contribution in [2.24, 2.45) is 0 Å². The van der Waals surface area contributed by atoms with Gasteiger partial charge in [-0.15, -0.1) is 0 Å². The highest BCUT2D eigenvalue weighted by Gasteiger charge is 2.12. The third kappa shape index (κ3) is 2.55. The molecule has 0 fully saturated rings. The molecule has 16 heavy (non-hydrogen) atoms. The van der Waals surface area contributed by atoms with Gasteiger partial charge in [-0.05, 0) is 23.4 Å². The van der Waals surface area contributed by atoms with Crippen LogP contribution in [0.5, 0.6) is 0 Å². The number of amides is 1. The Morgan fingerprint density at radius 3 is 3.00 bits per heavy atom. The van der Waals surface area contributed by atoms with Gasteiger partial charge in [-0.25, -0.2) is 0 Å². The quantitative estimate of drug-likeness (QED) is 0.924. The number of halogens is 2. The van der Waals surface area contributed by atoms with Crippen molar-refractivity contribution in [3.05, 3.63) is 33.3 Å². The van der Waals surface area contributed by atoms with Crippen LogP contribution in [0.15, 0.2) is 22.7 Å². The summed E-state index contributed by atoms with van der Waals surface area (Å²) in [5, 5.41) is 10.2. The number of anilines is 1. The number of carbonyl (C=O) groups excluding carboxylic acids is 1. The van der Waals surface area contributed by atoms with Gasteiger partial charge in [0.1, 0.15) is 0 Å². The smallest absolute Gasteiger partial charge is 0.259 e. The summed E-state index contributed by atoms with van der Waals surface area (Å²) in [6.45, 7) is 0. The molecule has 8 heteroatoms. The van der Waals surface area contributed by atoms with E-state index in [9.17, 15) is 4.79 Å². The summed E-state index contributed by atoms with van der Waals surface area (Å²) in [5.74, 6) is -0.343. The molecule has 5 nitrogen and oxygen atoms in total. The molecule has 0 radical (unpaired) electrons. The van der Waals surface area contributed by atoms with Crippen molar-refractivity contribution in [1.29, 1.82) is 0 Å². The Kier molecular flexibility index (Phi) is 3.47. The maximum absolute atomic E-state index is 11.8. The van der Waals surface area contributed by atoms with E-state index in [0.29, 0.717) is 15.7 Å². The van der Waals surface area contributed by atoms with E-state index in [2.05, 4.69) is 36.0 Å². The zero-order chi connectivity index (χ0) is 11.5. The molecule has 0 aliphatic heterocycles. The number of benzene rings is 1. The summed E-state index contributed by atoms with van der Waals surface area (Å²) in [4.78, 5) is 11.8. The third-order valence-electron chi connectivity index (χ3n) is 1.69. The lowest BCUT2D eigenvalue weighted by molar-refractivity contribution is 0.102. The molecule has 0 saturated carbocycles. The number of nitrogens with zero attached hydrogens (tertiary/aromatic N) is 3. The molecule has 1 N–H and O–H groups in total. The average molecular weight is 320 g/mol. The van der Waals surface area contributed by atoms with Crippen LogP contribution >= 0.6 is 39.1 Å². The Hall–Kier alpha value is -1.05. The van der Waals surface area contributed by atoms with Gasteiger partial charge in [-0.2, -0.15) is 0 Å². The zero-order valence-electron chi connectivity index (χ0n) is 7.65. The van der Waals surface area contributed by atoms with E-state index in [4.69, 9.17) is 11.6 Å². The second kappa shape index (κ2) is 4.86. The molecule has 2 aromatic rings. The van der Waals surface area contributed by atoms with Crippen LogP contribution in [0.1, 0.15) is 10.4 Å². The molecule has 2 rings (SSSR count). The molecule has 1 aromatic heterocycles. The topological polar surface area (TPSA) is 67.8 Å². The molecule has 1 amide bonds. The second-order valence-corrected chi connectivity index (χ2v) is 4.80. The van der Waals surface area contributed by atoms with Gasteiger partial charge in [-0.3, -0.25) is 10.1 Å². The molecule has 1 aromatic carbocycles. The SMILES string of the molecule is O=C(Nc1nnns1)c1cc(Br)ccc1Cl. The van der Waals surface area contributed by atoms with Crippen molar-refractivity contribution in [2.45, 2.75) is 0 Å². The Morgan fingerprint density at radius 1 is 1.50 bits per heavy atom. The van der Waals surface area contributed by atoms with Gasteiger partial charge in [0.15, 0.2) is 0 Å². The molecule has 0 aliphatic rings. The number of aromatic nitrogens is 3. The van der Waals surface area contributed by atoms with E-state index in [1.165, 1.54) is 0 Å². The molecule has 0 unspecified atom stereocenters. The highest BCUT2D eigenvalue weighted by molar-refractivity contribution is 9.10. The first-order valence-corrected chi connectivity index (χ1v) is 6.02. The van der Waals surface area contributed by atoms with E-state index in [1.54, 1.807) is 18.2 Å². The first kappa shape index (κ1) is 11.4. The number of nitrogens with one attached hydrogen (secondary N) is 1. The van der Waals surface area contributed by atoms with Gasteiger partial charge in [-0.1, -0.05) is 37.1 Å². The maximum atomic E-state index is 11.8. The standard InChI is InChI=1S/C8H4BrClN4OS/c9-4-1-2-6(10)5(3-4)7(15)11-8-12-13-14-16-8/h1-3H,(H,11,12,14,15). The molecule has 0 bridgehead atoms. The molecular formula is C8H4BrClN4OS. The fraction of sp³-hybridized carbons (Fsp3) is 0. The van der Waals surface area contributed by atoms with Crippen molar-refractivity contribution in [2.75, 3.05) is 5.32 Å². The predicted molar refractivity (Wildman–Crippen MR) is 64.8 cm³/mol. The van der Waals surface area contributed by atoms with Crippen molar-refractivity contribution < 1.29 is 4.79 Å². The number of hydrogen-bond donors (Lipinski definition) is 1. The van der Waals surface area contributed by atoms with Gasteiger partial charge in [0.2, 0.25) is 5.13 Å². The Bertz CT molecular complexity index is 519. The second-order valence-electron chi connectivity index (χ2n) is 2.75. The monoisotopic (exact) mass is 318 g/mol. The van der Waals surface area contributed by atoms with E-state index < -0.39 is 0 Å². The maximum Gasteiger partial charge on any atom is 0.259 e. The molecule has 0 saturated heterocycles. The Balaban J connectivity index is 2.24. The van der Waals surface area contributed by atoms with Gasteiger partial charge < -0.3 is 0 Å². The molecular weight excluding hydrogens is 316 g/mol. The van der Waals surface area contributed by atoms with Crippen molar-refractivity contribution in [1.82, 2.24) is 14.8 Å². The average Bonchev–Trinajstić information content (AvgIpc) is 2.74. The summed E-state index contributed by atoms with van der Waals surface area (Å²) < 4.78 is 4.31. The van der Waals surface area contributed by atoms with Gasteiger partial charge in [0.05, 0.1) is 10.6 Å². The van der Waals surface area contributed by atoms with Crippen LogP contribution in [-0.4, -0.2) is 20.7 Å². The van der Waals surface area contributed by atoms with E-state index in [-0.39, 0.29) is 5.91 Å². The Morgan fingerprint density at radius 2 is 2.31 bits per heavy atom. The highest BCUT2D eigenvalue weighted by atomic mass is 79.9. The van der Waals surface area contributed by atoms with Crippen molar-refractivity contribution in [3.8, 4) is 0 Å². The minimum atomic E-state index is -0.343. The van der Waals surface area contributed by atoms with Crippen LogP contribution in [0.3, 0.4) is 0 Å². The lowest BCUT2D eigenvalue weighted by Gasteiger charge is -2.03. The number of carbonyl (C=O) groups is 1. The molecule has 0 atom stereocenters. The fourth-order valence-electron chi connectivity index (χ4n) is 1.02. The van der Waals surface area contributed by atoms with Crippen LogP contribution in [-0.2, 0) is 0 Å². The van der Waals surface area contributed by atoms with Crippen LogP contribution in [0.2, 0.25) is 5.02 Å². The first-order valence-electron chi connectivity index (χ1n) is 4.08. The van der Waals surface area contributed by atoms with E-state index in [1.807, 2.05) is 0 Å². The normalized spacial score (nSPS) is 10.1. The minimum Gasteiger partial charge on any atom is -0.295 e. The molecule has 0 aliphatic carbocycles. The van der Waals surface area contributed by atoms with Crippen LogP contribution in [0.25, 0.3) is 0 Å². The molecule has 1 heterocycles. The third-order valence-corrected chi connectivity index (χ3v) is 3.03. The van der Waals surface area contributed by atoms with E-state index >= 15 is 0 Å². The number of hydrogen-bond acceptors (Lipinski definition) is 5. The number of rotatable bonds is 2. The van der Waals surface area contributed by atoms with Crippen LogP contribution in [0.4, 0.5) is 5.13 Å². The lowest BCUT2D eigenvalue weighted by atomic mass is 10.2. The molecule has 82 valence electrons. The van der Waals surface area contributed by atoms with Gasteiger partial charge in [0.25, 0.3) is 5.91 Å². The molecule has 0 spiro atoms. The summed E-state index contributed by atoms with van der Waals surface area (Å²) >= 11 is 10.2. The van der Waals surface area contributed by atoms with Gasteiger partial charge >= 0.3 is 0 Å². The highest BCUT2D eigenvalue weighted by Crippen LogP contribution is 2.22. The minimum absolute atomic E-state index is 0.334. The zero-order valence-corrected chi connectivity index (χ0v) is 10.8. The summed E-state index contributed by atoms with van der Waals surface area (Å²) in [5.41, 5.74) is 0.367. The van der Waals surface area contributed by atoms with Crippen LogP contribution in [0, 0.1) is 0 Å². The largest absolute Gasteiger partial charge is 0.295 e. The predicted octanol–water partition coefficient (Wildman–Crippen LogP) is 2.60. The summed E-state index contributed by atoms with van der Waals surface area (Å²) in [6, 6.07) is 5.02. The first-order chi connectivity index (χ1) is 7.66. The fourth-order valence-corrected chi connectivity index (χ4v) is 1.94. The lowest BCUT2D eigenvalue weighted by Crippen LogP contribution is -2.12. The van der Waals surface area contributed by atoms with Crippen molar-refractivity contribution >= 4 is 50.1 Å². The van der Waals surface area contributed by atoms with Crippen LogP contribution < -0.4 is 5.32 Å².